The van der Waals surface area contributed by atoms with Gasteiger partial charge >= 0.3 is 0 Å². The Morgan fingerprint density at radius 3 is 2.68 bits per heavy atom. The minimum absolute atomic E-state index is 0.00138. The van der Waals surface area contributed by atoms with E-state index in [0.29, 0.717) is 24.0 Å². The molecule has 2 heterocycles. The molecule has 2 rings (SSSR count). The number of rotatable bonds is 6. The monoisotopic (exact) mass is 353 g/mol. The van der Waals surface area contributed by atoms with Crippen molar-refractivity contribution >= 4 is 11.9 Å². The number of guanidine groups is 1. The van der Waals surface area contributed by atoms with Crippen molar-refractivity contribution in [2.45, 2.75) is 51.8 Å². The zero-order valence-corrected chi connectivity index (χ0v) is 16.4. The highest BCUT2D eigenvalue weighted by Crippen LogP contribution is 2.18. The summed E-state index contributed by atoms with van der Waals surface area (Å²) in [4.78, 5) is 20.4. The van der Waals surface area contributed by atoms with Crippen LogP contribution in [0.2, 0.25) is 0 Å². The Balaban J connectivity index is 1.95. The van der Waals surface area contributed by atoms with E-state index >= 15 is 0 Å². The summed E-state index contributed by atoms with van der Waals surface area (Å²) in [5.41, 5.74) is 0. The van der Waals surface area contributed by atoms with E-state index in [4.69, 9.17) is 4.74 Å². The Bertz CT molecular complexity index is 460. The van der Waals surface area contributed by atoms with Gasteiger partial charge in [-0.05, 0) is 32.6 Å². The molecule has 25 heavy (non-hydrogen) atoms. The Morgan fingerprint density at radius 1 is 1.36 bits per heavy atom. The van der Waals surface area contributed by atoms with Crippen molar-refractivity contribution in [2.24, 2.45) is 10.9 Å². The van der Waals surface area contributed by atoms with Gasteiger partial charge in [-0.15, -0.1) is 0 Å². The lowest BCUT2D eigenvalue weighted by atomic mass is 10.1. The Morgan fingerprint density at radius 2 is 2.12 bits per heavy atom. The number of likely N-dealkylation sites (tertiary alicyclic amines) is 1. The summed E-state index contributed by atoms with van der Waals surface area (Å²) in [7, 11) is 3.51. The largest absolute Gasteiger partial charge is 0.376 e. The van der Waals surface area contributed by atoms with Gasteiger partial charge in [-0.3, -0.25) is 9.69 Å². The second-order valence-electron chi connectivity index (χ2n) is 7.74. The van der Waals surface area contributed by atoms with Crippen LogP contribution in [-0.2, 0) is 9.53 Å². The van der Waals surface area contributed by atoms with Gasteiger partial charge in [0.2, 0.25) is 5.91 Å². The molecule has 0 bridgehead atoms. The highest BCUT2D eigenvalue weighted by Gasteiger charge is 2.31. The Kier molecular flexibility index (Phi) is 7.50. The van der Waals surface area contributed by atoms with E-state index < -0.39 is 0 Å². The summed E-state index contributed by atoms with van der Waals surface area (Å²) < 4.78 is 5.68. The molecule has 0 aromatic heterocycles. The van der Waals surface area contributed by atoms with E-state index in [1.165, 1.54) is 0 Å². The number of aliphatic imine (C=N–C) groups is 1. The van der Waals surface area contributed by atoms with E-state index in [1.54, 1.807) is 19.0 Å². The molecule has 0 saturated carbocycles. The van der Waals surface area contributed by atoms with Crippen molar-refractivity contribution in [3.05, 3.63) is 0 Å². The van der Waals surface area contributed by atoms with Gasteiger partial charge in [-0.1, -0.05) is 6.92 Å². The third-order valence-corrected chi connectivity index (χ3v) is 5.09. The normalized spacial score (nSPS) is 27.8. The quantitative estimate of drug-likeness (QED) is 0.538. The number of likely N-dealkylation sites (N-methyl/N-ethyl adjacent to an activating group) is 1. The SMILES string of the molecule is CC1CN(C(C)C)CC1NC(=NCC(=O)N(C)C)NCC1CCCO1. The first-order valence-electron chi connectivity index (χ1n) is 9.47. The van der Waals surface area contributed by atoms with Gasteiger partial charge in [0, 0.05) is 52.4 Å². The van der Waals surface area contributed by atoms with Gasteiger partial charge in [-0.2, -0.15) is 0 Å². The van der Waals surface area contributed by atoms with Gasteiger partial charge in [-0.25, -0.2) is 4.99 Å². The predicted molar refractivity (Wildman–Crippen MR) is 101 cm³/mol. The molecule has 0 aliphatic carbocycles. The molecule has 0 radical (unpaired) electrons. The lowest BCUT2D eigenvalue weighted by Gasteiger charge is -2.23. The fourth-order valence-corrected chi connectivity index (χ4v) is 3.25. The highest BCUT2D eigenvalue weighted by molar-refractivity contribution is 5.85. The third kappa shape index (κ3) is 6.15. The molecule has 1 amide bonds. The first-order valence-corrected chi connectivity index (χ1v) is 9.47. The van der Waals surface area contributed by atoms with Crippen LogP contribution in [-0.4, -0.2) is 86.7 Å². The fourth-order valence-electron chi connectivity index (χ4n) is 3.25. The topological polar surface area (TPSA) is 69.2 Å². The van der Waals surface area contributed by atoms with Gasteiger partial charge in [0.1, 0.15) is 6.54 Å². The molecule has 2 saturated heterocycles. The van der Waals surface area contributed by atoms with Crippen LogP contribution in [0.15, 0.2) is 4.99 Å². The van der Waals surface area contributed by atoms with Crippen molar-refractivity contribution in [3.63, 3.8) is 0 Å². The molecule has 7 nitrogen and oxygen atoms in total. The molecule has 7 heteroatoms. The van der Waals surface area contributed by atoms with Crippen LogP contribution < -0.4 is 10.6 Å². The number of nitrogens with zero attached hydrogens (tertiary/aromatic N) is 3. The molecule has 0 spiro atoms. The van der Waals surface area contributed by atoms with Crippen LogP contribution in [0.1, 0.15) is 33.6 Å². The molecular weight excluding hydrogens is 318 g/mol. The predicted octanol–water partition coefficient (Wildman–Crippen LogP) is 0.518. The van der Waals surface area contributed by atoms with E-state index in [1.807, 2.05) is 0 Å². The average molecular weight is 354 g/mol. The van der Waals surface area contributed by atoms with Crippen LogP contribution in [0.4, 0.5) is 0 Å². The van der Waals surface area contributed by atoms with Crippen molar-refractivity contribution in [3.8, 4) is 0 Å². The zero-order valence-electron chi connectivity index (χ0n) is 16.4. The summed E-state index contributed by atoms with van der Waals surface area (Å²) in [5.74, 6) is 1.26. The number of carbonyl (C=O) groups is 1. The maximum Gasteiger partial charge on any atom is 0.243 e. The Labute approximate surface area is 152 Å². The Hall–Kier alpha value is -1.34. The second kappa shape index (κ2) is 9.38. The molecular formula is C18H35N5O2. The van der Waals surface area contributed by atoms with Crippen molar-refractivity contribution in [1.82, 2.24) is 20.4 Å². The minimum Gasteiger partial charge on any atom is -0.376 e. The van der Waals surface area contributed by atoms with Crippen LogP contribution in [0.5, 0.6) is 0 Å². The maximum absolute atomic E-state index is 11.9. The van der Waals surface area contributed by atoms with Crippen molar-refractivity contribution < 1.29 is 9.53 Å². The van der Waals surface area contributed by atoms with Gasteiger partial charge in [0.15, 0.2) is 5.96 Å². The molecule has 0 aromatic carbocycles. The molecule has 144 valence electrons. The molecule has 3 atom stereocenters. The first-order chi connectivity index (χ1) is 11.9. The number of hydrogen-bond donors (Lipinski definition) is 2. The number of carbonyl (C=O) groups excluding carboxylic acids is 1. The molecule has 3 unspecified atom stereocenters. The van der Waals surface area contributed by atoms with E-state index in [0.717, 1.165) is 39.1 Å². The van der Waals surface area contributed by atoms with Gasteiger partial charge < -0.3 is 20.3 Å². The minimum atomic E-state index is 0.00138. The van der Waals surface area contributed by atoms with Crippen molar-refractivity contribution in [2.75, 3.05) is 46.9 Å². The van der Waals surface area contributed by atoms with Crippen LogP contribution in [0, 0.1) is 5.92 Å². The molecule has 2 aliphatic rings. The zero-order chi connectivity index (χ0) is 18.4. The fraction of sp³-hybridized carbons (Fsp3) is 0.889. The smallest absolute Gasteiger partial charge is 0.243 e. The average Bonchev–Trinajstić information content (AvgIpc) is 3.19. The first kappa shape index (κ1) is 20.0. The second-order valence-corrected chi connectivity index (χ2v) is 7.74. The molecule has 2 fully saturated rings. The van der Waals surface area contributed by atoms with E-state index in [9.17, 15) is 4.79 Å². The molecule has 0 aromatic rings. The number of ether oxygens (including phenoxy) is 1. The number of hydrogen-bond acceptors (Lipinski definition) is 4. The van der Waals surface area contributed by atoms with E-state index in [2.05, 4.69) is 41.3 Å². The van der Waals surface area contributed by atoms with Crippen molar-refractivity contribution in [1.29, 1.82) is 0 Å². The lowest BCUT2D eigenvalue weighted by molar-refractivity contribution is -0.127. The van der Waals surface area contributed by atoms with Crippen LogP contribution in [0.25, 0.3) is 0 Å². The van der Waals surface area contributed by atoms with E-state index in [-0.39, 0.29) is 18.6 Å². The highest BCUT2D eigenvalue weighted by atomic mass is 16.5. The summed E-state index contributed by atoms with van der Waals surface area (Å²) >= 11 is 0. The standard InChI is InChI=1S/C18H35N5O2/c1-13(2)23-11-14(3)16(12-23)21-18(20-10-17(24)22(4)5)19-9-15-7-6-8-25-15/h13-16H,6-12H2,1-5H3,(H2,19,20,21). The summed E-state index contributed by atoms with van der Waals surface area (Å²) in [6.45, 7) is 10.5. The molecule has 2 N–H and O–H groups in total. The maximum atomic E-state index is 11.9. The molecule has 2 aliphatic heterocycles. The van der Waals surface area contributed by atoms with Gasteiger partial charge in [0.05, 0.1) is 6.10 Å². The summed E-state index contributed by atoms with van der Waals surface area (Å²) in [6, 6.07) is 0.886. The van der Waals surface area contributed by atoms with Gasteiger partial charge in [0.25, 0.3) is 0 Å². The third-order valence-electron chi connectivity index (χ3n) is 5.09. The van der Waals surface area contributed by atoms with Crippen LogP contribution in [0.3, 0.4) is 0 Å². The van der Waals surface area contributed by atoms with Crippen LogP contribution >= 0.6 is 0 Å². The summed E-state index contributed by atoms with van der Waals surface area (Å²) in [5, 5.41) is 6.91. The lowest BCUT2D eigenvalue weighted by Crippen LogP contribution is -2.48. The number of amides is 1. The number of nitrogens with one attached hydrogen (secondary N) is 2. The summed E-state index contributed by atoms with van der Waals surface area (Å²) in [6.07, 6.45) is 2.44.